The average Bonchev–Trinajstić information content (AvgIpc) is 2.99. The number of halogens is 3. The van der Waals surface area contributed by atoms with E-state index in [1.165, 1.54) is 4.57 Å². The fourth-order valence-electron chi connectivity index (χ4n) is 3.59. The number of hydrogen-bond acceptors (Lipinski definition) is 2. The maximum Gasteiger partial charge on any atom is 0.449 e. The van der Waals surface area contributed by atoms with Crippen LogP contribution in [0.1, 0.15) is 44.9 Å². The van der Waals surface area contributed by atoms with E-state index < -0.39 is 12.0 Å². The van der Waals surface area contributed by atoms with Crippen LogP contribution in [0.4, 0.5) is 13.2 Å². The van der Waals surface area contributed by atoms with Gasteiger partial charge in [0.1, 0.15) is 0 Å². The summed E-state index contributed by atoms with van der Waals surface area (Å²) in [5, 5.41) is 0. The van der Waals surface area contributed by atoms with Crippen molar-refractivity contribution in [3.05, 3.63) is 30.1 Å². The molecule has 1 fully saturated rings. The Hall–Kier alpha value is -2.05. The summed E-state index contributed by atoms with van der Waals surface area (Å²) < 4.78 is 41.5. The van der Waals surface area contributed by atoms with Crippen molar-refractivity contribution in [2.75, 3.05) is 13.1 Å². The van der Waals surface area contributed by atoms with Gasteiger partial charge >= 0.3 is 6.18 Å². The molecule has 0 aliphatic carbocycles. The third kappa shape index (κ3) is 4.02. The highest BCUT2D eigenvalue weighted by Crippen LogP contribution is 2.33. The number of likely N-dealkylation sites (tertiary alicyclic amines) is 1. The smallest absolute Gasteiger partial charge is 0.343 e. The number of carbonyl (C=O) groups is 1. The molecule has 1 aromatic heterocycles. The van der Waals surface area contributed by atoms with Gasteiger partial charge in [0.05, 0.1) is 11.0 Å². The Morgan fingerprint density at radius 1 is 1.23 bits per heavy atom. The second kappa shape index (κ2) is 7.68. The molecule has 1 aromatic carbocycles. The van der Waals surface area contributed by atoms with E-state index in [9.17, 15) is 18.0 Å². The van der Waals surface area contributed by atoms with Gasteiger partial charge < -0.3 is 9.47 Å². The van der Waals surface area contributed by atoms with Gasteiger partial charge in [0.2, 0.25) is 11.7 Å². The summed E-state index contributed by atoms with van der Waals surface area (Å²) in [4.78, 5) is 17.8. The van der Waals surface area contributed by atoms with Crippen molar-refractivity contribution in [3.63, 3.8) is 0 Å². The fourth-order valence-corrected chi connectivity index (χ4v) is 3.59. The van der Waals surface area contributed by atoms with Gasteiger partial charge in [-0.1, -0.05) is 25.5 Å². The number of fused-ring (bicyclic) bond motifs is 1. The lowest BCUT2D eigenvalue weighted by Gasteiger charge is -2.32. The number of amides is 1. The van der Waals surface area contributed by atoms with Crippen molar-refractivity contribution in [2.24, 2.45) is 5.92 Å². The number of unbranched alkanes of at least 4 members (excludes halogenated alkanes) is 1. The Morgan fingerprint density at radius 2 is 1.92 bits per heavy atom. The van der Waals surface area contributed by atoms with Crippen LogP contribution in [0.25, 0.3) is 11.0 Å². The zero-order valence-corrected chi connectivity index (χ0v) is 14.9. The van der Waals surface area contributed by atoms with Crippen LogP contribution in [-0.2, 0) is 17.5 Å². The summed E-state index contributed by atoms with van der Waals surface area (Å²) in [7, 11) is 0. The highest BCUT2D eigenvalue weighted by Gasteiger charge is 2.38. The van der Waals surface area contributed by atoms with Gasteiger partial charge in [-0.05, 0) is 37.3 Å². The number of benzene rings is 1. The van der Waals surface area contributed by atoms with E-state index in [1.807, 2.05) is 11.8 Å². The predicted molar refractivity (Wildman–Crippen MR) is 93.6 cm³/mol. The van der Waals surface area contributed by atoms with Gasteiger partial charge in [-0.15, -0.1) is 0 Å². The monoisotopic (exact) mass is 367 g/mol. The third-order valence-corrected chi connectivity index (χ3v) is 5.06. The second-order valence-corrected chi connectivity index (χ2v) is 6.96. The van der Waals surface area contributed by atoms with Gasteiger partial charge in [0.25, 0.3) is 0 Å². The summed E-state index contributed by atoms with van der Waals surface area (Å²) in [5.41, 5.74) is 0.883. The summed E-state index contributed by atoms with van der Waals surface area (Å²) in [6.45, 7) is 3.59. The molecule has 0 unspecified atom stereocenters. The Kier molecular flexibility index (Phi) is 5.53. The molecule has 1 saturated heterocycles. The molecule has 4 nitrogen and oxygen atoms in total. The third-order valence-electron chi connectivity index (χ3n) is 5.06. The van der Waals surface area contributed by atoms with Gasteiger partial charge in [-0.2, -0.15) is 13.2 Å². The van der Waals surface area contributed by atoms with Crippen molar-refractivity contribution >= 4 is 16.9 Å². The van der Waals surface area contributed by atoms with Crippen LogP contribution in [0.2, 0.25) is 0 Å². The van der Waals surface area contributed by atoms with Crippen LogP contribution < -0.4 is 0 Å². The van der Waals surface area contributed by atoms with E-state index in [1.54, 1.807) is 24.3 Å². The topological polar surface area (TPSA) is 38.1 Å². The number of imidazole rings is 1. The molecular formula is C19H24F3N3O. The zero-order chi connectivity index (χ0) is 18.7. The van der Waals surface area contributed by atoms with E-state index in [0.717, 1.165) is 25.7 Å². The van der Waals surface area contributed by atoms with Crippen LogP contribution in [0.5, 0.6) is 0 Å². The predicted octanol–water partition coefficient (Wildman–Crippen LogP) is 4.48. The molecule has 26 heavy (non-hydrogen) atoms. The van der Waals surface area contributed by atoms with E-state index in [2.05, 4.69) is 4.98 Å². The van der Waals surface area contributed by atoms with Crippen molar-refractivity contribution in [1.82, 2.24) is 14.5 Å². The molecule has 0 saturated carbocycles. The zero-order valence-electron chi connectivity index (χ0n) is 14.9. The summed E-state index contributed by atoms with van der Waals surface area (Å²) in [5.74, 6) is -0.557. The first-order valence-corrected chi connectivity index (χ1v) is 9.20. The molecule has 1 aliphatic heterocycles. The lowest BCUT2D eigenvalue weighted by Crippen LogP contribution is -2.39. The van der Waals surface area contributed by atoms with Gasteiger partial charge in [-0.25, -0.2) is 4.98 Å². The minimum Gasteiger partial charge on any atom is -0.343 e. The van der Waals surface area contributed by atoms with Crippen molar-refractivity contribution in [2.45, 2.75) is 51.7 Å². The number of carbonyl (C=O) groups excluding carboxylic acids is 1. The second-order valence-electron chi connectivity index (χ2n) is 6.96. The fraction of sp³-hybridized carbons (Fsp3) is 0.579. The van der Waals surface area contributed by atoms with Gasteiger partial charge in [0, 0.05) is 26.1 Å². The normalized spacial score (nSPS) is 16.4. The van der Waals surface area contributed by atoms with Gasteiger partial charge in [0.15, 0.2) is 0 Å². The molecule has 0 spiro atoms. The highest BCUT2D eigenvalue weighted by atomic mass is 19.4. The standard InChI is InChI=1S/C19H24F3N3O/c1-2-3-8-17(26)24-11-9-14(10-12-24)13-25-16-7-5-4-6-15(16)23-18(25)19(20,21)22/h4-7,14H,2-3,8-13H2,1H3. The molecule has 2 heterocycles. The summed E-state index contributed by atoms with van der Waals surface area (Å²) in [6.07, 6.45) is -0.602. The lowest BCUT2D eigenvalue weighted by molar-refractivity contribution is -0.147. The average molecular weight is 367 g/mol. The number of nitrogens with zero attached hydrogens (tertiary/aromatic N) is 3. The summed E-state index contributed by atoms with van der Waals surface area (Å²) >= 11 is 0. The maximum atomic E-state index is 13.4. The van der Waals surface area contributed by atoms with E-state index in [-0.39, 0.29) is 18.4 Å². The van der Waals surface area contributed by atoms with E-state index in [0.29, 0.717) is 30.5 Å². The molecule has 3 rings (SSSR count). The van der Waals surface area contributed by atoms with Crippen LogP contribution in [0.15, 0.2) is 24.3 Å². The Labute approximate surface area is 151 Å². The summed E-state index contributed by atoms with van der Waals surface area (Å²) in [6, 6.07) is 6.72. The van der Waals surface area contributed by atoms with Crippen molar-refractivity contribution in [3.8, 4) is 0 Å². The minimum absolute atomic E-state index is 0.115. The number of alkyl halides is 3. The molecule has 0 bridgehead atoms. The number of aromatic nitrogens is 2. The SMILES string of the molecule is CCCCC(=O)N1CCC(Cn2c(C(F)(F)F)nc3ccccc32)CC1. The largest absolute Gasteiger partial charge is 0.449 e. The molecule has 0 atom stereocenters. The molecule has 0 radical (unpaired) electrons. The van der Waals surface area contributed by atoms with E-state index in [4.69, 9.17) is 0 Å². The van der Waals surface area contributed by atoms with Crippen LogP contribution in [0, 0.1) is 5.92 Å². The highest BCUT2D eigenvalue weighted by molar-refractivity contribution is 5.76. The lowest BCUT2D eigenvalue weighted by atomic mass is 9.96. The van der Waals surface area contributed by atoms with Gasteiger partial charge in [-0.3, -0.25) is 4.79 Å². The minimum atomic E-state index is -4.48. The van der Waals surface area contributed by atoms with Crippen LogP contribution in [0.3, 0.4) is 0 Å². The Balaban J connectivity index is 1.71. The first-order valence-electron chi connectivity index (χ1n) is 9.20. The number of para-hydroxylation sites is 2. The van der Waals surface area contributed by atoms with Crippen molar-refractivity contribution in [1.29, 1.82) is 0 Å². The first-order chi connectivity index (χ1) is 12.4. The molecule has 2 aromatic rings. The Morgan fingerprint density at radius 3 is 2.58 bits per heavy atom. The van der Waals surface area contributed by atoms with E-state index >= 15 is 0 Å². The maximum absolute atomic E-state index is 13.4. The molecule has 1 aliphatic rings. The van der Waals surface area contributed by atoms with Crippen LogP contribution >= 0.6 is 0 Å². The number of rotatable bonds is 5. The quantitative estimate of drug-likeness (QED) is 0.781. The Bertz CT molecular complexity index is 761. The number of hydrogen-bond donors (Lipinski definition) is 0. The van der Waals surface area contributed by atoms with Crippen molar-refractivity contribution < 1.29 is 18.0 Å². The molecule has 0 N–H and O–H groups in total. The first kappa shape index (κ1) is 18.7. The molecule has 142 valence electrons. The molecular weight excluding hydrogens is 343 g/mol. The number of piperidine rings is 1. The molecule has 1 amide bonds. The van der Waals surface area contributed by atoms with Crippen LogP contribution in [-0.4, -0.2) is 33.4 Å². The molecule has 7 heteroatoms.